The molecule has 0 unspecified atom stereocenters. The van der Waals surface area contributed by atoms with Gasteiger partial charge in [0.1, 0.15) is 58.1 Å². The first kappa shape index (κ1) is 84.6. The summed E-state index contributed by atoms with van der Waals surface area (Å²) in [4.78, 5) is 120. The molecule has 0 saturated heterocycles. The maximum Gasteiger partial charge on any atom is 0.371 e. The van der Waals surface area contributed by atoms with Crippen molar-refractivity contribution in [2.24, 2.45) is 25.6 Å². The molecule has 0 radical (unpaired) electrons. The lowest BCUT2D eigenvalue weighted by Crippen LogP contribution is -2.07. The number of halogens is 3. The van der Waals surface area contributed by atoms with Crippen molar-refractivity contribution in [2.75, 3.05) is 46.2 Å². The zero-order valence-corrected chi connectivity index (χ0v) is 53.1. The molecule has 1 aliphatic carbocycles. The second-order valence-corrected chi connectivity index (χ2v) is 16.9. The third kappa shape index (κ3) is 33.0. The van der Waals surface area contributed by atoms with Gasteiger partial charge in [-0.2, -0.15) is 13.2 Å². The number of carbonyl (C=O) groups is 10. The number of azide groups is 5. The second-order valence-electron chi connectivity index (χ2n) is 16.9. The Bertz CT molecular complexity index is 4100. The van der Waals surface area contributed by atoms with Crippen molar-refractivity contribution < 1.29 is 131 Å². The average Bonchev–Trinajstić information content (AvgIpc) is 1.68. The van der Waals surface area contributed by atoms with E-state index in [2.05, 4.69) is 87.1 Å². The molecule has 6 heterocycles. The highest BCUT2D eigenvalue weighted by molar-refractivity contribution is 5.97. The van der Waals surface area contributed by atoms with Gasteiger partial charge in [0.15, 0.2) is 12.0 Å². The Balaban J connectivity index is 0.000000596. The van der Waals surface area contributed by atoms with E-state index < -0.39 is 65.8 Å². The smallest absolute Gasteiger partial charge is 0.371 e. The highest BCUT2D eigenvalue weighted by atomic mass is 19.1. The summed E-state index contributed by atoms with van der Waals surface area (Å²) in [6.07, 6.45) is 6.76. The maximum atomic E-state index is 12.6. The van der Waals surface area contributed by atoms with Crippen molar-refractivity contribution in [3.8, 4) is 0 Å². The number of rotatable bonds is 25. The summed E-state index contributed by atoms with van der Waals surface area (Å²) in [5.74, 6) is -7.80. The van der Waals surface area contributed by atoms with E-state index in [-0.39, 0.29) is 108 Å². The molecule has 7 rings (SSSR count). The van der Waals surface area contributed by atoms with E-state index in [1.807, 2.05) is 0 Å². The number of hydrogen-bond donors (Lipinski definition) is 3. The highest BCUT2D eigenvalue weighted by Gasteiger charge is 2.24. The van der Waals surface area contributed by atoms with Crippen LogP contribution in [0, 0.1) is 18.0 Å². The molecule has 43 heteroatoms. The van der Waals surface area contributed by atoms with Crippen LogP contribution < -0.4 is 0 Å². The van der Waals surface area contributed by atoms with E-state index in [9.17, 15) is 61.1 Å². The van der Waals surface area contributed by atoms with Crippen LogP contribution in [-0.2, 0) is 63.6 Å². The van der Waals surface area contributed by atoms with Crippen LogP contribution in [0.25, 0.3) is 82.6 Å². The summed E-state index contributed by atoms with van der Waals surface area (Å²) in [7, 11) is 0. The largest absolute Gasteiger partial charge is 0.475 e. The van der Waals surface area contributed by atoms with Crippen molar-refractivity contribution in [1.82, 2.24) is 0 Å². The van der Waals surface area contributed by atoms with Gasteiger partial charge < -0.3 is 70.2 Å². The molecule has 1 aliphatic rings. The number of esters is 6. The average molecular weight is 1420 g/mol. The quantitative estimate of drug-likeness (QED) is 0.00911. The van der Waals surface area contributed by atoms with Crippen LogP contribution in [0.2, 0.25) is 0 Å². The molecule has 101 heavy (non-hydrogen) atoms. The summed E-state index contributed by atoms with van der Waals surface area (Å²) in [6, 6.07) is 11.4. The summed E-state index contributed by atoms with van der Waals surface area (Å²) in [6.45, 7) is 10.8. The number of hydrogen-bond acceptors (Lipinski definition) is 27. The number of aromatic carboxylic acids is 3. The normalized spacial score (nSPS) is 10.7. The summed E-state index contributed by atoms with van der Waals surface area (Å²) >= 11 is 0. The fourth-order valence-corrected chi connectivity index (χ4v) is 6.23. The second kappa shape index (κ2) is 47.5. The summed E-state index contributed by atoms with van der Waals surface area (Å²) in [5.41, 5.74) is 40.8. The Morgan fingerprint density at radius 3 is 1.04 bits per heavy atom. The number of carboxylic acids is 3. The molecule has 0 saturated carbocycles. The molecular weight excluding hydrogens is 1360 g/mol. The van der Waals surface area contributed by atoms with Gasteiger partial charge in [0, 0.05) is 60.3 Å². The van der Waals surface area contributed by atoms with Crippen molar-refractivity contribution in [3.05, 3.63) is 223 Å². The van der Waals surface area contributed by atoms with Gasteiger partial charge in [0.25, 0.3) is 18.0 Å². The van der Waals surface area contributed by atoms with Crippen LogP contribution in [-0.4, -0.2) is 122 Å². The molecule has 0 atom stereocenters. The van der Waals surface area contributed by atoms with Crippen LogP contribution in [0.15, 0.2) is 147 Å². The number of ether oxygens (including phenoxy) is 6. The lowest BCUT2D eigenvalue weighted by atomic mass is 10.2. The van der Waals surface area contributed by atoms with Crippen molar-refractivity contribution in [3.63, 3.8) is 0 Å². The lowest BCUT2D eigenvalue weighted by Gasteiger charge is -2.00. The summed E-state index contributed by atoms with van der Waals surface area (Å²) in [5, 5.41) is 41.1. The molecule has 6 aromatic heterocycles. The fraction of sp³-hybridized carbons (Fsp3) is 0.241. The van der Waals surface area contributed by atoms with Crippen LogP contribution in [0.4, 0.5) is 13.2 Å². The fourth-order valence-electron chi connectivity index (χ4n) is 6.23. The van der Waals surface area contributed by atoms with E-state index in [1.165, 1.54) is 60.7 Å². The first-order chi connectivity index (χ1) is 48.2. The molecule has 0 spiro atoms. The minimum absolute atomic E-state index is 0.0254. The third-order valence-electron chi connectivity index (χ3n) is 10.1. The van der Waals surface area contributed by atoms with E-state index in [0.29, 0.717) is 42.8 Å². The number of nitrogens with zero attached hydrogens (tertiary/aromatic N) is 15. The van der Waals surface area contributed by atoms with Gasteiger partial charge >= 0.3 is 53.7 Å². The minimum Gasteiger partial charge on any atom is -0.475 e. The van der Waals surface area contributed by atoms with Crippen LogP contribution in [0.1, 0.15) is 118 Å². The minimum atomic E-state index is -1.24. The Kier molecular flexibility index (Phi) is 39.8. The standard InChI is InChI=1S/C10H9FO3.2C10H9N3O5.2C9H8FN3O3.C6H4O4.C4H7N3O2/c1-2-13-10(12)7-3-6-5-9(11)14-8(6)4-7;2*1-2-17-10(16)7(12-13-11)5-6-3-4-8(18-6)9(14)15;2*1-2-15-9(14)7(12-13-11)5-6-3-4-8(10)16-6;7-3-4-1-2-5(10-4)6(8)9;1-2-9-4(8)3-6-7-5/h4-5H,2-3H2,1H3;2*3-5H,2H2,1H3,(H,14,15);2*3-5H,2H2,1H3;1-3H,(H,8,9);2-3H2,1H3/b;4*7-5-;;. The molecule has 0 fully saturated rings. The first-order valence-corrected chi connectivity index (χ1v) is 27.8. The van der Waals surface area contributed by atoms with Gasteiger partial charge in [0.2, 0.25) is 17.3 Å². The predicted octanol–water partition coefficient (Wildman–Crippen LogP) is 13.2. The Labute approximate surface area is 562 Å². The molecule has 0 aliphatic heterocycles. The van der Waals surface area contributed by atoms with E-state index >= 15 is 0 Å². The molecule has 40 nitrogen and oxygen atoms in total. The lowest BCUT2D eigenvalue weighted by molar-refractivity contribution is -0.141. The predicted molar refractivity (Wildman–Crippen MR) is 332 cm³/mol. The van der Waals surface area contributed by atoms with Gasteiger partial charge in [-0.25, -0.2) is 38.4 Å². The molecular formula is C58H54F3N15O25. The van der Waals surface area contributed by atoms with E-state index in [0.717, 1.165) is 36.4 Å². The molecule has 0 amide bonds. The zero-order chi connectivity index (χ0) is 75.8. The SMILES string of the molecule is CCOC(=O)/C(=C/c1ccc(C(=O)O)o1)N=[N+]=[N-].CCOC(=O)/C(=C/c1ccc(C(=O)O)o1)N=[N+]=[N-].CCOC(=O)/C(=C/c1ccc(F)o1)N=[N+]=[N-].CCOC(=O)/C(=C/c1ccc(F)o1)N=[N+]=[N-].CCOC(=O)C1=Cc2oc(F)cc2C1.CCOC(=O)CN=[N+]=[N-].O=Cc1ccc(C(=O)O)o1. The van der Waals surface area contributed by atoms with E-state index in [4.69, 9.17) is 61.0 Å². The van der Waals surface area contributed by atoms with Gasteiger partial charge in [-0.3, -0.25) is 9.59 Å². The van der Waals surface area contributed by atoms with Crippen LogP contribution >= 0.6 is 0 Å². The Morgan fingerprint density at radius 2 is 0.772 bits per heavy atom. The zero-order valence-electron chi connectivity index (χ0n) is 53.1. The summed E-state index contributed by atoms with van der Waals surface area (Å²) < 4.78 is 93.5. The van der Waals surface area contributed by atoms with Gasteiger partial charge in [0.05, 0.1) is 39.6 Å². The maximum absolute atomic E-state index is 12.6. The number of furan rings is 6. The molecule has 0 bridgehead atoms. The van der Waals surface area contributed by atoms with Crippen LogP contribution in [0.5, 0.6) is 0 Å². The van der Waals surface area contributed by atoms with Crippen molar-refractivity contribution in [2.45, 2.75) is 48.0 Å². The molecule has 3 N–H and O–H groups in total. The first-order valence-electron chi connectivity index (χ1n) is 27.8. The highest BCUT2D eigenvalue weighted by Crippen LogP contribution is 2.28. The van der Waals surface area contributed by atoms with Gasteiger partial charge in [-0.1, -0.05) is 25.6 Å². The monoisotopic (exact) mass is 1420 g/mol. The topological polar surface area (TPSA) is 609 Å². The molecule has 532 valence electrons. The molecule has 6 aromatic rings. The van der Waals surface area contributed by atoms with Crippen molar-refractivity contribution >= 4 is 90.4 Å². The van der Waals surface area contributed by atoms with Gasteiger partial charge in [-0.05, 0) is 148 Å². The number of carbonyl (C=O) groups excluding carboxylic acids is 7. The van der Waals surface area contributed by atoms with Crippen LogP contribution in [0.3, 0.4) is 0 Å². The Morgan fingerprint density at radius 1 is 0.446 bits per heavy atom. The number of aldehydes is 1. The molecule has 0 aromatic carbocycles. The Hall–Kier alpha value is -14.4. The van der Waals surface area contributed by atoms with Crippen molar-refractivity contribution in [1.29, 1.82) is 0 Å². The number of carboxylic acid groups (broad SMARTS) is 3. The van der Waals surface area contributed by atoms with Gasteiger partial charge in [-0.15, -0.1) is 0 Å². The third-order valence-corrected chi connectivity index (χ3v) is 10.1. The number of fused-ring (bicyclic) bond motifs is 1. The van der Waals surface area contributed by atoms with E-state index in [1.54, 1.807) is 41.5 Å².